The zero-order valence-corrected chi connectivity index (χ0v) is 9.64. The third kappa shape index (κ3) is 1.76. The Balaban J connectivity index is 2.31. The van der Waals surface area contributed by atoms with Crippen molar-refractivity contribution in [2.45, 2.75) is 33.2 Å². The Morgan fingerprint density at radius 2 is 2.27 bits per heavy atom. The van der Waals surface area contributed by atoms with E-state index in [0.29, 0.717) is 6.04 Å². The number of rotatable bonds is 3. The van der Waals surface area contributed by atoms with E-state index in [0.717, 1.165) is 25.5 Å². The van der Waals surface area contributed by atoms with E-state index in [4.69, 9.17) is 0 Å². The monoisotopic (exact) mass is 206 g/mol. The zero-order valence-electron chi connectivity index (χ0n) is 9.64. The number of nitrogens with zero attached hydrogens (tertiary/aromatic N) is 4. The van der Waals surface area contributed by atoms with Crippen molar-refractivity contribution in [3.05, 3.63) is 12.5 Å². The van der Waals surface area contributed by atoms with Gasteiger partial charge in [0.2, 0.25) is 0 Å². The van der Waals surface area contributed by atoms with Gasteiger partial charge in [-0.15, -0.1) is 0 Å². The molecule has 0 saturated carbocycles. The molecule has 0 fully saturated rings. The molecule has 0 saturated heterocycles. The van der Waals surface area contributed by atoms with Gasteiger partial charge in [0.1, 0.15) is 12.0 Å². The average molecular weight is 206 g/mol. The molecule has 0 spiro atoms. The number of hydrogen-bond donors (Lipinski definition) is 0. The molecular formula is C11H18N4. The predicted octanol–water partition coefficient (Wildman–Crippen LogP) is 1.88. The van der Waals surface area contributed by atoms with Crippen molar-refractivity contribution in [1.29, 1.82) is 0 Å². The lowest BCUT2D eigenvalue weighted by Gasteiger charge is -2.24. The van der Waals surface area contributed by atoms with Crippen LogP contribution < -0.4 is 9.80 Å². The summed E-state index contributed by atoms with van der Waals surface area (Å²) in [4.78, 5) is 13.1. The molecule has 1 aliphatic rings. The Morgan fingerprint density at radius 1 is 1.47 bits per heavy atom. The van der Waals surface area contributed by atoms with Gasteiger partial charge in [0.15, 0.2) is 5.82 Å². The summed E-state index contributed by atoms with van der Waals surface area (Å²) >= 11 is 0. The third-order valence-electron chi connectivity index (χ3n) is 2.72. The van der Waals surface area contributed by atoms with Crippen LogP contribution in [0, 0.1) is 0 Å². The van der Waals surface area contributed by atoms with Crippen molar-refractivity contribution >= 4 is 11.5 Å². The van der Waals surface area contributed by atoms with Gasteiger partial charge in [-0.05, 0) is 20.3 Å². The fourth-order valence-corrected chi connectivity index (χ4v) is 1.98. The minimum absolute atomic E-state index is 0.497. The van der Waals surface area contributed by atoms with E-state index in [1.807, 2.05) is 6.20 Å². The van der Waals surface area contributed by atoms with E-state index in [2.05, 4.69) is 40.5 Å². The molecule has 2 rings (SSSR count). The van der Waals surface area contributed by atoms with Crippen LogP contribution in [0.4, 0.5) is 11.5 Å². The molecule has 0 atom stereocenters. The van der Waals surface area contributed by atoms with Gasteiger partial charge in [-0.25, -0.2) is 9.97 Å². The van der Waals surface area contributed by atoms with Gasteiger partial charge >= 0.3 is 0 Å². The lowest BCUT2D eigenvalue weighted by Crippen LogP contribution is -2.35. The SMILES string of the molecule is CCCN1CN(C(C)C)c2cncnc21. The second kappa shape index (κ2) is 4.04. The topological polar surface area (TPSA) is 32.3 Å². The molecule has 4 nitrogen and oxygen atoms in total. The quantitative estimate of drug-likeness (QED) is 0.756. The van der Waals surface area contributed by atoms with Gasteiger partial charge in [0, 0.05) is 12.6 Å². The third-order valence-corrected chi connectivity index (χ3v) is 2.72. The normalized spacial score (nSPS) is 14.9. The number of anilines is 2. The van der Waals surface area contributed by atoms with Crippen LogP contribution in [0.15, 0.2) is 12.5 Å². The second-order valence-corrected chi connectivity index (χ2v) is 4.20. The molecule has 15 heavy (non-hydrogen) atoms. The van der Waals surface area contributed by atoms with Crippen LogP contribution in [0.2, 0.25) is 0 Å². The minimum atomic E-state index is 0.497. The maximum Gasteiger partial charge on any atom is 0.157 e. The highest BCUT2D eigenvalue weighted by atomic mass is 15.4. The highest BCUT2D eigenvalue weighted by molar-refractivity contribution is 5.71. The van der Waals surface area contributed by atoms with Crippen molar-refractivity contribution in [1.82, 2.24) is 9.97 Å². The van der Waals surface area contributed by atoms with Crippen LogP contribution in [0.1, 0.15) is 27.2 Å². The van der Waals surface area contributed by atoms with Crippen LogP contribution in [0.5, 0.6) is 0 Å². The van der Waals surface area contributed by atoms with Gasteiger partial charge in [-0.1, -0.05) is 6.92 Å². The van der Waals surface area contributed by atoms with Gasteiger partial charge < -0.3 is 9.80 Å². The highest BCUT2D eigenvalue weighted by Gasteiger charge is 2.27. The first-order valence-electron chi connectivity index (χ1n) is 5.55. The van der Waals surface area contributed by atoms with Crippen LogP contribution in [-0.4, -0.2) is 29.2 Å². The fourth-order valence-electron chi connectivity index (χ4n) is 1.98. The molecule has 0 aliphatic carbocycles. The first kappa shape index (κ1) is 10.2. The first-order chi connectivity index (χ1) is 7.24. The first-order valence-corrected chi connectivity index (χ1v) is 5.55. The molecule has 0 N–H and O–H groups in total. The van der Waals surface area contributed by atoms with Crippen LogP contribution >= 0.6 is 0 Å². The summed E-state index contributed by atoms with van der Waals surface area (Å²) < 4.78 is 0. The van der Waals surface area contributed by atoms with E-state index in [1.54, 1.807) is 6.33 Å². The standard InChI is InChI=1S/C11H18N4/c1-4-5-14-8-15(9(2)3)10-6-12-7-13-11(10)14/h6-7,9H,4-5,8H2,1-3H3. The predicted molar refractivity (Wildman–Crippen MR) is 62.2 cm³/mol. The summed E-state index contributed by atoms with van der Waals surface area (Å²) in [5.74, 6) is 1.08. The summed E-state index contributed by atoms with van der Waals surface area (Å²) in [6.45, 7) is 8.60. The van der Waals surface area contributed by atoms with E-state index in [-0.39, 0.29) is 0 Å². The molecule has 0 radical (unpaired) electrons. The van der Waals surface area contributed by atoms with Crippen molar-refractivity contribution in [2.75, 3.05) is 23.0 Å². The van der Waals surface area contributed by atoms with Crippen LogP contribution in [0.25, 0.3) is 0 Å². The molecule has 1 aromatic rings. The molecule has 2 heterocycles. The maximum absolute atomic E-state index is 4.37. The lowest BCUT2D eigenvalue weighted by atomic mass is 10.3. The summed E-state index contributed by atoms with van der Waals surface area (Å²) in [7, 11) is 0. The van der Waals surface area contributed by atoms with E-state index < -0.39 is 0 Å². The second-order valence-electron chi connectivity index (χ2n) is 4.20. The summed E-state index contributed by atoms with van der Waals surface area (Å²) in [6.07, 6.45) is 4.69. The summed E-state index contributed by atoms with van der Waals surface area (Å²) in [6, 6.07) is 0.497. The fraction of sp³-hybridized carbons (Fsp3) is 0.636. The molecule has 1 aliphatic heterocycles. The smallest absolute Gasteiger partial charge is 0.157 e. The van der Waals surface area contributed by atoms with Crippen LogP contribution in [-0.2, 0) is 0 Å². The van der Waals surface area contributed by atoms with Gasteiger partial charge in [0.25, 0.3) is 0 Å². The number of hydrogen-bond acceptors (Lipinski definition) is 4. The summed E-state index contributed by atoms with van der Waals surface area (Å²) in [5.41, 5.74) is 1.17. The molecule has 0 unspecified atom stereocenters. The van der Waals surface area contributed by atoms with E-state index >= 15 is 0 Å². The summed E-state index contributed by atoms with van der Waals surface area (Å²) in [5, 5.41) is 0. The molecule has 1 aromatic heterocycles. The molecule has 0 bridgehead atoms. The highest BCUT2D eigenvalue weighted by Crippen LogP contribution is 2.33. The Morgan fingerprint density at radius 3 is 2.93 bits per heavy atom. The minimum Gasteiger partial charge on any atom is -0.347 e. The maximum atomic E-state index is 4.37. The largest absolute Gasteiger partial charge is 0.347 e. The molecule has 4 heteroatoms. The Labute approximate surface area is 90.9 Å². The molecule has 0 aromatic carbocycles. The van der Waals surface area contributed by atoms with E-state index in [1.165, 1.54) is 5.69 Å². The van der Waals surface area contributed by atoms with Crippen molar-refractivity contribution in [3.8, 4) is 0 Å². The van der Waals surface area contributed by atoms with Crippen molar-refractivity contribution in [3.63, 3.8) is 0 Å². The molecule has 82 valence electrons. The van der Waals surface area contributed by atoms with Gasteiger partial charge in [0.05, 0.1) is 12.9 Å². The van der Waals surface area contributed by atoms with Gasteiger partial charge in [-0.3, -0.25) is 0 Å². The lowest BCUT2D eigenvalue weighted by molar-refractivity contribution is 0.675. The van der Waals surface area contributed by atoms with Crippen LogP contribution in [0.3, 0.4) is 0 Å². The van der Waals surface area contributed by atoms with E-state index in [9.17, 15) is 0 Å². The Bertz CT molecular complexity index is 337. The molecule has 0 amide bonds. The van der Waals surface area contributed by atoms with Crippen molar-refractivity contribution < 1.29 is 0 Å². The van der Waals surface area contributed by atoms with Crippen molar-refractivity contribution in [2.24, 2.45) is 0 Å². The molecular weight excluding hydrogens is 188 g/mol. The Hall–Kier alpha value is -1.32. The van der Waals surface area contributed by atoms with Gasteiger partial charge in [-0.2, -0.15) is 0 Å². The Kier molecular flexibility index (Phi) is 2.75. The number of aromatic nitrogens is 2. The zero-order chi connectivity index (χ0) is 10.8. The number of fused-ring (bicyclic) bond motifs is 1. The average Bonchev–Trinajstić information content (AvgIpc) is 2.59.